The quantitative estimate of drug-likeness (QED) is 0.694. The van der Waals surface area contributed by atoms with Crippen molar-refractivity contribution in [3.63, 3.8) is 0 Å². The van der Waals surface area contributed by atoms with Crippen LogP contribution in [0.2, 0.25) is 0 Å². The molecule has 1 fully saturated rings. The van der Waals surface area contributed by atoms with Crippen LogP contribution in [-0.4, -0.2) is 18.1 Å². The van der Waals surface area contributed by atoms with Gasteiger partial charge in [-0.05, 0) is 44.6 Å². The standard InChI is InChI=1S/C11H18FNO/c1-3-11(14)13-8(2)9-4-6-10(12)7-5-9/h3,8-10H,1,4-7H2,2H3,(H,13,14). The van der Waals surface area contributed by atoms with Crippen molar-refractivity contribution >= 4 is 5.91 Å². The summed E-state index contributed by atoms with van der Waals surface area (Å²) in [5.41, 5.74) is 0. The molecule has 0 radical (unpaired) electrons. The van der Waals surface area contributed by atoms with Crippen molar-refractivity contribution in [2.45, 2.75) is 44.8 Å². The largest absolute Gasteiger partial charge is 0.350 e. The smallest absolute Gasteiger partial charge is 0.243 e. The van der Waals surface area contributed by atoms with Crippen molar-refractivity contribution in [1.29, 1.82) is 0 Å². The first kappa shape index (κ1) is 11.2. The van der Waals surface area contributed by atoms with Gasteiger partial charge < -0.3 is 5.32 Å². The summed E-state index contributed by atoms with van der Waals surface area (Å²) in [6, 6.07) is 0.132. The second-order valence-corrected chi connectivity index (χ2v) is 4.01. The van der Waals surface area contributed by atoms with Crippen molar-refractivity contribution in [2.24, 2.45) is 5.92 Å². The fourth-order valence-corrected chi connectivity index (χ4v) is 1.98. The van der Waals surface area contributed by atoms with Gasteiger partial charge in [-0.15, -0.1) is 0 Å². The van der Waals surface area contributed by atoms with E-state index in [9.17, 15) is 9.18 Å². The molecule has 1 unspecified atom stereocenters. The minimum absolute atomic E-state index is 0.132. The van der Waals surface area contributed by atoms with Crippen LogP contribution in [-0.2, 0) is 4.79 Å². The second kappa shape index (κ2) is 5.13. The summed E-state index contributed by atoms with van der Waals surface area (Å²) in [7, 11) is 0. The first-order chi connectivity index (χ1) is 6.63. The van der Waals surface area contributed by atoms with Crippen LogP contribution in [0.15, 0.2) is 12.7 Å². The Labute approximate surface area is 84.6 Å². The molecule has 0 spiro atoms. The van der Waals surface area contributed by atoms with Gasteiger partial charge >= 0.3 is 0 Å². The van der Waals surface area contributed by atoms with Gasteiger partial charge in [-0.3, -0.25) is 4.79 Å². The molecule has 0 saturated heterocycles. The third kappa shape index (κ3) is 3.13. The van der Waals surface area contributed by atoms with Crippen LogP contribution in [0.5, 0.6) is 0 Å². The minimum atomic E-state index is -0.631. The lowest BCUT2D eigenvalue weighted by Crippen LogP contribution is -2.38. The summed E-state index contributed by atoms with van der Waals surface area (Å²) in [4.78, 5) is 11.0. The van der Waals surface area contributed by atoms with Gasteiger partial charge in [0.1, 0.15) is 6.17 Å². The van der Waals surface area contributed by atoms with Crippen LogP contribution in [0.3, 0.4) is 0 Å². The predicted octanol–water partition coefficient (Wildman–Crippen LogP) is 2.21. The molecule has 1 saturated carbocycles. The van der Waals surface area contributed by atoms with Gasteiger partial charge in [0.15, 0.2) is 0 Å². The van der Waals surface area contributed by atoms with Crippen LogP contribution >= 0.6 is 0 Å². The Bertz CT molecular complexity index is 209. The fourth-order valence-electron chi connectivity index (χ4n) is 1.98. The fraction of sp³-hybridized carbons (Fsp3) is 0.727. The topological polar surface area (TPSA) is 29.1 Å². The average molecular weight is 199 g/mol. The van der Waals surface area contributed by atoms with E-state index >= 15 is 0 Å². The summed E-state index contributed by atoms with van der Waals surface area (Å²) in [6.45, 7) is 5.38. The van der Waals surface area contributed by atoms with E-state index in [4.69, 9.17) is 0 Å². The Morgan fingerprint density at radius 2 is 2.07 bits per heavy atom. The molecule has 0 aromatic carbocycles. The number of hydrogen-bond acceptors (Lipinski definition) is 1. The molecule has 0 aliphatic heterocycles. The van der Waals surface area contributed by atoms with E-state index in [1.165, 1.54) is 6.08 Å². The molecule has 0 aromatic heterocycles. The Morgan fingerprint density at radius 3 is 2.57 bits per heavy atom. The summed E-state index contributed by atoms with van der Waals surface area (Å²) in [5.74, 6) is 0.283. The predicted molar refractivity (Wildman–Crippen MR) is 54.7 cm³/mol. The number of halogens is 1. The minimum Gasteiger partial charge on any atom is -0.350 e. The Hall–Kier alpha value is -0.860. The first-order valence-corrected chi connectivity index (χ1v) is 5.20. The lowest BCUT2D eigenvalue weighted by Gasteiger charge is -2.29. The molecule has 1 amide bonds. The van der Waals surface area contributed by atoms with Crippen molar-refractivity contribution in [2.75, 3.05) is 0 Å². The van der Waals surface area contributed by atoms with Gasteiger partial charge in [0.25, 0.3) is 0 Å². The van der Waals surface area contributed by atoms with E-state index in [1.54, 1.807) is 0 Å². The lowest BCUT2D eigenvalue weighted by molar-refractivity contribution is -0.117. The highest BCUT2D eigenvalue weighted by molar-refractivity contribution is 5.87. The number of hydrogen-bond donors (Lipinski definition) is 1. The highest BCUT2D eigenvalue weighted by atomic mass is 19.1. The van der Waals surface area contributed by atoms with Gasteiger partial charge in [-0.2, -0.15) is 0 Å². The molecule has 1 rings (SSSR count). The van der Waals surface area contributed by atoms with Crippen LogP contribution < -0.4 is 5.32 Å². The highest BCUT2D eigenvalue weighted by Crippen LogP contribution is 2.28. The number of carbonyl (C=O) groups is 1. The van der Waals surface area contributed by atoms with E-state index in [0.717, 1.165) is 12.8 Å². The summed E-state index contributed by atoms with van der Waals surface area (Å²) < 4.78 is 12.8. The van der Waals surface area contributed by atoms with Crippen molar-refractivity contribution in [3.8, 4) is 0 Å². The molecule has 0 heterocycles. The van der Waals surface area contributed by atoms with Crippen LogP contribution in [0.1, 0.15) is 32.6 Å². The zero-order valence-electron chi connectivity index (χ0n) is 8.63. The first-order valence-electron chi connectivity index (χ1n) is 5.20. The molecule has 1 aliphatic carbocycles. The molecule has 1 atom stereocenters. The second-order valence-electron chi connectivity index (χ2n) is 4.01. The maximum absolute atomic E-state index is 12.8. The third-order valence-corrected chi connectivity index (χ3v) is 2.96. The summed E-state index contributed by atoms with van der Waals surface area (Å²) in [6.07, 6.45) is 3.67. The SMILES string of the molecule is C=CC(=O)NC(C)C1CCC(F)CC1. The molecule has 1 N–H and O–H groups in total. The molecule has 2 nitrogen and oxygen atoms in total. The number of rotatable bonds is 3. The Balaban J connectivity index is 2.33. The lowest BCUT2D eigenvalue weighted by atomic mass is 9.84. The van der Waals surface area contributed by atoms with Gasteiger partial charge in [0.05, 0.1) is 0 Å². The van der Waals surface area contributed by atoms with E-state index in [1.807, 2.05) is 6.92 Å². The molecule has 0 bridgehead atoms. The van der Waals surface area contributed by atoms with Gasteiger partial charge in [-0.25, -0.2) is 4.39 Å². The summed E-state index contributed by atoms with van der Waals surface area (Å²) in [5, 5.41) is 2.83. The van der Waals surface area contributed by atoms with Crippen LogP contribution in [0.4, 0.5) is 4.39 Å². The van der Waals surface area contributed by atoms with E-state index in [0.29, 0.717) is 18.8 Å². The van der Waals surface area contributed by atoms with Crippen molar-refractivity contribution in [1.82, 2.24) is 5.32 Å². The van der Waals surface area contributed by atoms with Gasteiger partial charge in [-0.1, -0.05) is 6.58 Å². The van der Waals surface area contributed by atoms with Crippen molar-refractivity contribution in [3.05, 3.63) is 12.7 Å². The zero-order valence-corrected chi connectivity index (χ0v) is 8.63. The molecule has 80 valence electrons. The normalized spacial score (nSPS) is 29.3. The van der Waals surface area contributed by atoms with Crippen molar-refractivity contribution < 1.29 is 9.18 Å². The Kier molecular flexibility index (Phi) is 4.11. The molecule has 1 aliphatic rings. The third-order valence-electron chi connectivity index (χ3n) is 2.96. The molecule has 14 heavy (non-hydrogen) atoms. The highest BCUT2D eigenvalue weighted by Gasteiger charge is 2.25. The van der Waals surface area contributed by atoms with Gasteiger partial charge in [0, 0.05) is 6.04 Å². The molecular formula is C11H18FNO. The van der Waals surface area contributed by atoms with Crippen LogP contribution in [0.25, 0.3) is 0 Å². The Morgan fingerprint density at radius 1 is 1.50 bits per heavy atom. The van der Waals surface area contributed by atoms with Crippen LogP contribution in [0, 0.1) is 5.92 Å². The monoisotopic (exact) mass is 199 g/mol. The molecular weight excluding hydrogens is 181 g/mol. The number of carbonyl (C=O) groups excluding carboxylic acids is 1. The van der Waals surface area contributed by atoms with E-state index in [2.05, 4.69) is 11.9 Å². The van der Waals surface area contributed by atoms with E-state index < -0.39 is 6.17 Å². The average Bonchev–Trinajstić information content (AvgIpc) is 2.18. The molecule has 0 aromatic rings. The summed E-state index contributed by atoms with van der Waals surface area (Å²) >= 11 is 0. The number of nitrogens with one attached hydrogen (secondary N) is 1. The maximum Gasteiger partial charge on any atom is 0.243 e. The maximum atomic E-state index is 12.8. The van der Waals surface area contributed by atoms with Gasteiger partial charge in [0.2, 0.25) is 5.91 Å². The molecule has 3 heteroatoms. The zero-order chi connectivity index (χ0) is 10.6. The number of amides is 1. The number of alkyl halides is 1. The van der Waals surface area contributed by atoms with E-state index in [-0.39, 0.29) is 11.9 Å².